The highest BCUT2D eigenvalue weighted by Gasteiger charge is 2.39. The third-order valence-corrected chi connectivity index (χ3v) is 5.44. The molecule has 136 valence electrons. The lowest BCUT2D eigenvalue weighted by Gasteiger charge is -2.42. The summed E-state index contributed by atoms with van der Waals surface area (Å²) >= 11 is 6.16. The molecule has 0 bridgehead atoms. The fourth-order valence-corrected chi connectivity index (χ4v) is 4.05. The second-order valence-electron chi connectivity index (χ2n) is 6.96. The Morgan fingerprint density at radius 3 is 2.58 bits per heavy atom. The minimum absolute atomic E-state index is 0.0832. The van der Waals surface area contributed by atoms with Gasteiger partial charge in [0.2, 0.25) is 0 Å². The van der Waals surface area contributed by atoms with Gasteiger partial charge in [-0.05, 0) is 50.2 Å². The van der Waals surface area contributed by atoms with Gasteiger partial charge >= 0.3 is 0 Å². The smallest absolute Gasteiger partial charge is 0.124 e. The van der Waals surface area contributed by atoms with Gasteiger partial charge in [0.15, 0.2) is 0 Å². The van der Waals surface area contributed by atoms with Crippen LogP contribution in [0.5, 0.6) is 11.5 Å². The minimum Gasteiger partial charge on any atom is -0.508 e. The summed E-state index contributed by atoms with van der Waals surface area (Å²) in [5, 5.41) is 28.3. The number of phenols is 2. The topological polar surface area (TPSA) is 76.9 Å². The number of aromatic hydroxyl groups is 2. The number of aliphatic imine (C=N–C) groups is 1. The molecule has 2 heterocycles. The summed E-state index contributed by atoms with van der Waals surface area (Å²) in [4.78, 5) is 5.02. The van der Waals surface area contributed by atoms with Crippen molar-refractivity contribution in [3.63, 3.8) is 0 Å². The van der Waals surface area contributed by atoms with Crippen LogP contribution in [0.4, 0.5) is 0 Å². The third kappa shape index (κ3) is 3.30. The van der Waals surface area contributed by atoms with Crippen molar-refractivity contribution < 1.29 is 10.2 Å². The van der Waals surface area contributed by atoms with Crippen LogP contribution < -0.4 is 10.6 Å². The SMILES string of the molecule is Oc1ccc(Cl)cc1C1=NC2(CCNCC2)N[C@@H](c2ccccc2O)C1. The zero-order valence-electron chi connectivity index (χ0n) is 14.4. The molecule has 0 aliphatic carbocycles. The molecule has 2 aromatic rings. The maximum Gasteiger partial charge on any atom is 0.124 e. The van der Waals surface area contributed by atoms with E-state index in [1.807, 2.05) is 18.2 Å². The Hall–Kier alpha value is -2.08. The van der Waals surface area contributed by atoms with Gasteiger partial charge in [0.1, 0.15) is 17.2 Å². The van der Waals surface area contributed by atoms with E-state index in [4.69, 9.17) is 16.6 Å². The highest BCUT2D eigenvalue weighted by Crippen LogP contribution is 2.38. The number of nitrogens with zero attached hydrogens (tertiary/aromatic N) is 1. The molecule has 2 aliphatic rings. The molecule has 2 aromatic carbocycles. The molecule has 0 saturated carbocycles. The average Bonchev–Trinajstić information content (AvgIpc) is 2.64. The van der Waals surface area contributed by atoms with Gasteiger partial charge in [0.25, 0.3) is 0 Å². The van der Waals surface area contributed by atoms with Crippen molar-refractivity contribution in [2.24, 2.45) is 4.99 Å². The number of rotatable bonds is 2. The molecular formula is C20H22ClN3O2. The summed E-state index contributed by atoms with van der Waals surface area (Å²) in [7, 11) is 0. The first-order chi connectivity index (χ1) is 12.6. The lowest BCUT2D eigenvalue weighted by atomic mass is 9.88. The van der Waals surface area contributed by atoms with E-state index in [1.165, 1.54) is 0 Å². The van der Waals surface area contributed by atoms with Crippen LogP contribution in [-0.4, -0.2) is 34.7 Å². The van der Waals surface area contributed by atoms with Crippen LogP contribution in [0.2, 0.25) is 5.02 Å². The number of nitrogens with one attached hydrogen (secondary N) is 2. The van der Waals surface area contributed by atoms with Crippen LogP contribution in [-0.2, 0) is 0 Å². The normalized spacial score (nSPS) is 22.2. The van der Waals surface area contributed by atoms with Crippen molar-refractivity contribution in [2.75, 3.05) is 13.1 Å². The van der Waals surface area contributed by atoms with E-state index in [9.17, 15) is 10.2 Å². The van der Waals surface area contributed by atoms with Crippen molar-refractivity contribution in [1.82, 2.24) is 10.6 Å². The van der Waals surface area contributed by atoms with Crippen LogP contribution in [0.3, 0.4) is 0 Å². The Labute approximate surface area is 157 Å². The van der Waals surface area contributed by atoms with Crippen molar-refractivity contribution in [3.8, 4) is 11.5 Å². The van der Waals surface area contributed by atoms with Crippen molar-refractivity contribution in [2.45, 2.75) is 31.0 Å². The van der Waals surface area contributed by atoms with Gasteiger partial charge in [-0.2, -0.15) is 0 Å². The molecule has 5 nitrogen and oxygen atoms in total. The summed E-state index contributed by atoms with van der Waals surface area (Å²) in [5.41, 5.74) is 1.93. The maximum absolute atomic E-state index is 10.4. The van der Waals surface area contributed by atoms with Crippen LogP contribution in [0.1, 0.15) is 36.4 Å². The van der Waals surface area contributed by atoms with Crippen LogP contribution >= 0.6 is 11.6 Å². The van der Waals surface area contributed by atoms with E-state index in [0.29, 0.717) is 17.0 Å². The second-order valence-corrected chi connectivity index (χ2v) is 7.40. The van der Waals surface area contributed by atoms with Gasteiger partial charge in [-0.25, -0.2) is 0 Å². The third-order valence-electron chi connectivity index (χ3n) is 5.20. The molecule has 6 heteroatoms. The molecule has 0 amide bonds. The highest BCUT2D eigenvalue weighted by atomic mass is 35.5. The fraction of sp³-hybridized carbons (Fsp3) is 0.350. The number of para-hydroxylation sites is 1. The minimum atomic E-state index is -0.402. The molecule has 0 unspecified atom stereocenters. The molecule has 0 aromatic heterocycles. The van der Waals surface area contributed by atoms with Crippen LogP contribution in [0.15, 0.2) is 47.5 Å². The number of benzene rings is 2. The van der Waals surface area contributed by atoms with Crippen molar-refractivity contribution in [3.05, 3.63) is 58.6 Å². The van der Waals surface area contributed by atoms with Gasteiger partial charge in [-0.1, -0.05) is 29.8 Å². The van der Waals surface area contributed by atoms with Crippen molar-refractivity contribution >= 4 is 17.3 Å². The zero-order valence-corrected chi connectivity index (χ0v) is 15.1. The summed E-state index contributed by atoms with van der Waals surface area (Å²) in [6.45, 7) is 1.75. The Morgan fingerprint density at radius 1 is 1.04 bits per heavy atom. The van der Waals surface area contributed by atoms with Crippen molar-refractivity contribution in [1.29, 1.82) is 0 Å². The first-order valence-corrected chi connectivity index (χ1v) is 9.28. The monoisotopic (exact) mass is 371 g/mol. The summed E-state index contributed by atoms with van der Waals surface area (Å²) in [5.74, 6) is 0.445. The standard InChI is InChI=1S/C20H22ClN3O2/c21-13-5-6-19(26)15(11-13)17-12-16(14-3-1-2-4-18(14)25)23-20(24-17)7-9-22-10-8-20/h1-6,11,16,22-23,25-26H,7-10,12H2/t16-/m1/s1. The van der Waals surface area contributed by atoms with Gasteiger partial charge in [-0.3, -0.25) is 10.3 Å². The Morgan fingerprint density at radius 2 is 1.81 bits per heavy atom. The molecule has 2 aliphatic heterocycles. The first-order valence-electron chi connectivity index (χ1n) is 8.90. The van der Waals surface area contributed by atoms with E-state index in [2.05, 4.69) is 10.6 Å². The maximum atomic E-state index is 10.4. The van der Waals surface area contributed by atoms with Crippen LogP contribution in [0, 0.1) is 0 Å². The van der Waals surface area contributed by atoms with E-state index < -0.39 is 5.66 Å². The molecule has 26 heavy (non-hydrogen) atoms. The Bertz CT molecular complexity index is 847. The average molecular weight is 372 g/mol. The quantitative estimate of drug-likeness (QED) is 0.653. The van der Waals surface area contributed by atoms with E-state index in [-0.39, 0.29) is 17.5 Å². The number of piperidine rings is 1. The molecule has 1 saturated heterocycles. The summed E-state index contributed by atoms with van der Waals surface area (Å²) < 4.78 is 0. The molecule has 4 rings (SSSR count). The van der Waals surface area contributed by atoms with E-state index in [0.717, 1.165) is 37.2 Å². The first kappa shape index (κ1) is 17.3. The predicted octanol–water partition coefficient (Wildman–Crippen LogP) is 3.35. The fourth-order valence-electron chi connectivity index (χ4n) is 3.88. The largest absolute Gasteiger partial charge is 0.508 e. The van der Waals surface area contributed by atoms with Crippen LogP contribution in [0.25, 0.3) is 0 Å². The van der Waals surface area contributed by atoms with E-state index >= 15 is 0 Å². The van der Waals surface area contributed by atoms with Gasteiger partial charge in [0.05, 0.1) is 0 Å². The van der Waals surface area contributed by atoms with E-state index in [1.54, 1.807) is 24.3 Å². The molecule has 1 atom stereocenters. The number of phenolic OH excluding ortho intramolecular Hbond substituents is 2. The number of hydrogen-bond donors (Lipinski definition) is 4. The summed E-state index contributed by atoms with van der Waals surface area (Å²) in [6.07, 6.45) is 2.27. The molecule has 1 fully saturated rings. The molecule has 0 radical (unpaired) electrons. The predicted molar refractivity (Wildman–Crippen MR) is 103 cm³/mol. The van der Waals surface area contributed by atoms with Gasteiger partial charge < -0.3 is 15.5 Å². The number of halogens is 1. The molecular weight excluding hydrogens is 350 g/mol. The Balaban J connectivity index is 1.79. The zero-order chi connectivity index (χ0) is 18.1. The lowest BCUT2D eigenvalue weighted by molar-refractivity contribution is 0.216. The highest BCUT2D eigenvalue weighted by molar-refractivity contribution is 6.31. The second kappa shape index (κ2) is 6.91. The lowest BCUT2D eigenvalue weighted by Crippen LogP contribution is -2.55. The Kier molecular flexibility index (Phi) is 4.61. The summed E-state index contributed by atoms with van der Waals surface area (Å²) in [6, 6.07) is 12.3. The molecule has 1 spiro atoms. The van der Waals surface area contributed by atoms with Gasteiger partial charge in [0, 0.05) is 34.3 Å². The van der Waals surface area contributed by atoms with Gasteiger partial charge in [-0.15, -0.1) is 0 Å². The number of hydrogen-bond acceptors (Lipinski definition) is 5. The molecule has 4 N–H and O–H groups in total.